The van der Waals surface area contributed by atoms with E-state index in [-0.39, 0.29) is 75.0 Å². The molecule has 176 valence electrons. The predicted octanol–water partition coefficient (Wildman–Crippen LogP) is 3.52. The molecule has 2 atom stereocenters. The molecule has 0 bridgehead atoms. The molecule has 4 N–H and O–H groups in total. The summed E-state index contributed by atoms with van der Waals surface area (Å²) in [5.74, 6) is 0.180. The summed E-state index contributed by atoms with van der Waals surface area (Å²) in [5, 5.41) is 33.5. The Morgan fingerprint density at radius 1 is 0.655 bits per heavy atom. The molecule has 0 fully saturated rings. The van der Waals surface area contributed by atoms with Crippen molar-refractivity contribution < 1.29 is 56.2 Å². The summed E-state index contributed by atoms with van der Waals surface area (Å²) in [7, 11) is 0. The molecule has 29 heavy (non-hydrogen) atoms. The first-order valence-corrected chi connectivity index (χ1v) is 10.6. The topological polar surface area (TPSA) is 115 Å². The molecule has 0 amide bonds. The van der Waals surface area contributed by atoms with Crippen LogP contribution in [0.1, 0.15) is 93.9 Å². The fourth-order valence-corrected chi connectivity index (χ4v) is 1.82. The van der Waals surface area contributed by atoms with Gasteiger partial charge in [0.1, 0.15) is 11.6 Å². The predicted molar refractivity (Wildman–Crippen MR) is 116 cm³/mol. The van der Waals surface area contributed by atoms with Gasteiger partial charge in [0, 0.05) is 63.1 Å². The van der Waals surface area contributed by atoms with Crippen molar-refractivity contribution in [1.29, 1.82) is 0 Å². The molecule has 0 spiro atoms. The maximum atomic E-state index is 11.0. The average molecular weight is 500 g/mol. The maximum Gasteiger partial charge on any atom is 0.138 e. The van der Waals surface area contributed by atoms with Crippen molar-refractivity contribution in [1.82, 2.24) is 0 Å². The number of ketones is 2. The molecule has 0 aromatic rings. The average Bonchev–Trinajstić information content (AvgIpc) is 2.57. The molecule has 0 aliphatic heterocycles. The maximum absolute atomic E-state index is 11.0. The van der Waals surface area contributed by atoms with Crippen LogP contribution in [-0.2, 0) is 35.8 Å². The zero-order valence-electron chi connectivity index (χ0n) is 20.1. The molecule has 0 aromatic heterocycles. The second-order valence-electron chi connectivity index (χ2n) is 7.20. The SMILES string of the molecule is CC(C)O.CC(C)O.CCCC(=O)C(CC)CO.CCCC(=O)C(CC)CO.[Zr]. The van der Waals surface area contributed by atoms with Crippen molar-refractivity contribution in [3.05, 3.63) is 0 Å². The Bertz CT molecular complexity index is 290. The van der Waals surface area contributed by atoms with Gasteiger partial charge >= 0.3 is 0 Å². The summed E-state index contributed by atoms with van der Waals surface area (Å²) in [4.78, 5) is 22.1. The summed E-state index contributed by atoms with van der Waals surface area (Å²) < 4.78 is 0. The molecule has 0 saturated heterocycles. The van der Waals surface area contributed by atoms with E-state index in [4.69, 9.17) is 20.4 Å². The molecule has 6 nitrogen and oxygen atoms in total. The number of aliphatic hydroxyl groups excluding tert-OH is 4. The van der Waals surface area contributed by atoms with Crippen LogP contribution in [0.3, 0.4) is 0 Å². The first-order chi connectivity index (χ1) is 13.0. The van der Waals surface area contributed by atoms with E-state index >= 15 is 0 Å². The Morgan fingerprint density at radius 3 is 0.966 bits per heavy atom. The fourth-order valence-electron chi connectivity index (χ4n) is 1.82. The number of carbonyl (C=O) groups excluding carboxylic acids is 2. The number of aliphatic hydroxyl groups is 4. The summed E-state index contributed by atoms with van der Waals surface area (Å²) in [5.41, 5.74) is 0. The van der Waals surface area contributed by atoms with E-state index in [1.165, 1.54) is 0 Å². The molecule has 0 aromatic carbocycles. The van der Waals surface area contributed by atoms with E-state index in [2.05, 4.69) is 0 Å². The van der Waals surface area contributed by atoms with Crippen molar-refractivity contribution in [2.75, 3.05) is 13.2 Å². The van der Waals surface area contributed by atoms with E-state index < -0.39 is 0 Å². The molecule has 0 aliphatic carbocycles. The minimum absolute atomic E-state index is 0. The first-order valence-electron chi connectivity index (χ1n) is 10.6. The summed E-state index contributed by atoms with van der Waals surface area (Å²) in [6, 6.07) is 0. The van der Waals surface area contributed by atoms with Crippen LogP contribution in [0.2, 0.25) is 0 Å². The molecule has 0 heterocycles. The van der Waals surface area contributed by atoms with Crippen LogP contribution in [0.15, 0.2) is 0 Å². The van der Waals surface area contributed by atoms with Gasteiger partial charge in [0.25, 0.3) is 0 Å². The molecule has 7 heteroatoms. The standard InChI is InChI=1S/2C8H16O2.2C3H8O.Zr/c2*1-3-5-8(10)7(4-2)6-9;2*1-3(2)4;/h2*7,9H,3-6H2,1-2H3;2*3-4H,1-2H3;. The van der Waals surface area contributed by atoms with Gasteiger partial charge in [-0.2, -0.15) is 0 Å². The van der Waals surface area contributed by atoms with Crippen LogP contribution < -0.4 is 0 Å². The zero-order valence-corrected chi connectivity index (χ0v) is 22.5. The Kier molecular flexibility index (Phi) is 41.2. The van der Waals surface area contributed by atoms with Gasteiger partial charge in [-0.3, -0.25) is 9.59 Å². The number of hydrogen-bond acceptors (Lipinski definition) is 6. The third-order valence-electron chi connectivity index (χ3n) is 3.33. The van der Waals surface area contributed by atoms with E-state index in [1.807, 2.05) is 27.7 Å². The normalized spacial score (nSPS) is 11.5. The van der Waals surface area contributed by atoms with Crippen LogP contribution in [-0.4, -0.2) is 57.4 Å². The van der Waals surface area contributed by atoms with Crippen molar-refractivity contribution >= 4 is 11.6 Å². The van der Waals surface area contributed by atoms with Crippen LogP contribution in [0, 0.1) is 11.8 Å². The van der Waals surface area contributed by atoms with Gasteiger partial charge in [-0.15, -0.1) is 0 Å². The summed E-state index contributed by atoms with van der Waals surface area (Å²) >= 11 is 0. The fraction of sp³-hybridized carbons (Fsp3) is 0.909. The zero-order chi connectivity index (χ0) is 23.1. The summed E-state index contributed by atoms with van der Waals surface area (Å²) in [6.07, 6.45) is 4.17. The molecule has 0 rings (SSSR count). The number of carbonyl (C=O) groups is 2. The van der Waals surface area contributed by atoms with Crippen molar-refractivity contribution in [2.24, 2.45) is 11.8 Å². The Balaban J connectivity index is -0.0000000950. The van der Waals surface area contributed by atoms with Gasteiger partial charge in [0.15, 0.2) is 0 Å². The third kappa shape index (κ3) is 39.2. The number of rotatable bonds is 10. The first kappa shape index (κ1) is 39.5. The number of Topliss-reactive ketones (excluding diaryl/α,β-unsaturated/α-hetero) is 2. The van der Waals surface area contributed by atoms with Crippen LogP contribution in [0.4, 0.5) is 0 Å². The molecule has 2 unspecified atom stereocenters. The molecule has 0 radical (unpaired) electrons. The Morgan fingerprint density at radius 2 is 0.862 bits per heavy atom. The Labute approximate surface area is 198 Å². The minimum Gasteiger partial charge on any atom is -0.396 e. The second kappa shape index (κ2) is 30.3. The largest absolute Gasteiger partial charge is 0.396 e. The van der Waals surface area contributed by atoms with Gasteiger partial charge < -0.3 is 20.4 Å². The second-order valence-corrected chi connectivity index (χ2v) is 7.20. The van der Waals surface area contributed by atoms with E-state index in [0.29, 0.717) is 12.8 Å². The smallest absolute Gasteiger partial charge is 0.138 e. The molecular weight excluding hydrogens is 451 g/mol. The monoisotopic (exact) mass is 498 g/mol. The van der Waals surface area contributed by atoms with Crippen molar-refractivity contribution in [3.8, 4) is 0 Å². The minimum atomic E-state index is -0.167. The van der Waals surface area contributed by atoms with Gasteiger partial charge in [-0.05, 0) is 53.4 Å². The van der Waals surface area contributed by atoms with Gasteiger partial charge in [0.2, 0.25) is 0 Å². The molecule has 0 saturated carbocycles. The quantitative estimate of drug-likeness (QED) is 0.366. The van der Waals surface area contributed by atoms with E-state index in [9.17, 15) is 9.59 Å². The van der Waals surface area contributed by atoms with Crippen molar-refractivity contribution in [3.63, 3.8) is 0 Å². The van der Waals surface area contributed by atoms with Crippen LogP contribution in [0.25, 0.3) is 0 Å². The third-order valence-corrected chi connectivity index (χ3v) is 3.33. The van der Waals surface area contributed by atoms with E-state index in [0.717, 1.165) is 25.7 Å². The van der Waals surface area contributed by atoms with Crippen LogP contribution in [0.5, 0.6) is 0 Å². The Hall–Kier alpha value is 0.0631. The van der Waals surface area contributed by atoms with Gasteiger partial charge in [0.05, 0.1) is 13.2 Å². The van der Waals surface area contributed by atoms with Gasteiger partial charge in [-0.25, -0.2) is 0 Å². The summed E-state index contributed by atoms with van der Waals surface area (Å²) in [6.45, 7) is 14.7. The van der Waals surface area contributed by atoms with Crippen LogP contribution >= 0.6 is 0 Å². The molecule has 0 aliphatic rings. The number of hydrogen-bond donors (Lipinski definition) is 4. The van der Waals surface area contributed by atoms with Gasteiger partial charge in [-0.1, -0.05) is 27.7 Å². The van der Waals surface area contributed by atoms with E-state index in [1.54, 1.807) is 27.7 Å². The van der Waals surface area contributed by atoms with Crippen molar-refractivity contribution in [2.45, 2.75) is 106 Å². The molecular formula is C22H48O6Zr.